The number of hydrogen-bond donors (Lipinski definition) is 0. The predicted octanol–water partition coefficient (Wildman–Crippen LogP) is 4.08. The van der Waals surface area contributed by atoms with Crippen molar-refractivity contribution in [2.45, 2.75) is 40.0 Å². The van der Waals surface area contributed by atoms with Crippen LogP contribution >= 0.6 is 0 Å². The summed E-state index contributed by atoms with van der Waals surface area (Å²) >= 11 is 0. The summed E-state index contributed by atoms with van der Waals surface area (Å²) in [7, 11) is 0. The van der Waals surface area contributed by atoms with E-state index in [1.807, 2.05) is 6.92 Å². The molecule has 0 aromatic heterocycles. The average Bonchev–Trinajstić information content (AvgIpc) is 2.10. The molecule has 2 unspecified atom stereocenters. The van der Waals surface area contributed by atoms with Crippen LogP contribution < -0.4 is 0 Å². The zero-order valence-electron chi connectivity index (χ0n) is 9.64. The normalized spacial score (nSPS) is 14.1. The van der Waals surface area contributed by atoms with Crippen LogP contribution in [-0.4, -0.2) is 0 Å². The minimum absolute atomic E-state index is 0.473. The average molecular weight is 191 g/mol. The summed E-state index contributed by atoms with van der Waals surface area (Å²) in [6.45, 7) is 14.2. The lowest BCUT2D eigenvalue weighted by Gasteiger charge is -2.20. The maximum atomic E-state index is 8.54. The first-order chi connectivity index (χ1) is 6.49. The second-order valence-electron chi connectivity index (χ2n) is 4.22. The number of nitrogens with zero attached hydrogens (tertiary/aromatic N) is 1. The Morgan fingerprint density at radius 3 is 2.21 bits per heavy atom. The zero-order chi connectivity index (χ0) is 11.1. The molecule has 0 aromatic carbocycles. The molecule has 0 aliphatic rings. The van der Waals surface area contributed by atoms with Crippen LogP contribution in [0, 0.1) is 23.2 Å². The van der Waals surface area contributed by atoms with E-state index in [9.17, 15) is 0 Å². The lowest BCUT2D eigenvalue weighted by molar-refractivity contribution is 0.453. The summed E-state index contributed by atoms with van der Waals surface area (Å²) in [5.74, 6) is 0.997. The van der Waals surface area contributed by atoms with Gasteiger partial charge >= 0.3 is 0 Å². The van der Waals surface area contributed by atoms with Crippen molar-refractivity contribution >= 4 is 0 Å². The third kappa shape index (κ3) is 4.87. The van der Waals surface area contributed by atoms with Gasteiger partial charge in [0.25, 0.3) is 0 Å². The van der Waals surface area contributed by atoms with Crippen molar-refractivity contribution in [3.63, 3.8) is 0 Å². The Morgan fingerprint density at radius 1 is 1.29 bits per heavy atom. The van der Waals surface area contributed by atoms with Crippen LogP contribution in [0.3, 0.4) is 0 Å². The highest BCUT2D eigenvalue weighted by Crippen LogP contribution is 2.26. The van der Waals surface area contributed by atoms with Crippen LogP contribution in [0.15, 0.2) is 24.3 Å². The van der Waals surface area contributed by atoms with Gasteiger partial charge in [-0.1, -0.05) is 31.2 Å². The summed E-state index contributed by atoms with van der Waals surface area (Å²) in [4.78, 5) is 0. The molecule has 0 rings (SSSR count). The van der Waals surface area contributed by atoms with Gasteiger partial charge in [-0.25, -0.2) is 0 Å². The molecule has 0 aliphatic heterocycles. The van der Waals surface area contributed by atoms with E-state index in [1.165, 1.54) is 11.1 Å². The maximum Gasteiger partial charge on any atom is 0.0621 e. The van der Waals surface area contributed by atoms with Gasteiger partial charge < -0.3 is 0 Å². The van der Waals surface area contributed by atoms with E-state index in [2.05, 4.69) is 33.1 Å². The van der Waals surface area contributed by atoms with E-state index in [0.717, 1.165) is 12.8 Å². The van der Waals surface area contributed by atoms with Gasteiger partial charge in [0.1, 0.15) is 0 Å². The SMILES string of the molecule is C=C(C)C(C)CC(CCC#N)C(=C)C. The molecule has 0 N–H and O–H groups in total. The van der Waals surface area contributed by atoms with Gasteiger partial charge in [0.2, 0.25) is 0 Å². The number of nitriles is 1. The van der Waals surface area contributed by atoms with Crippen molar-refractivity contribution in [3.8, 4) is 6.07 Å². The Hall–Kier alpha value is -1.03. The molecule has 2 atom stereocenters. The fraction of sp³-hybridized carbons (Fsp3) is 0.615. The Morgan fingerprint density at radius 2 is 1.86 bits per heavy atom. The van der Waals surface area contributed by atoms with Crippen LogP contribution in [0.1, 0.15) is 40.0 Å². The van der Waals surface area contributed by atoms with Crippen LogP contribution in [-0.2, 0) is 0 Å². The third-order valence-electron chi connectivity index (χ3n) is 2.78. The van der Waals surface area contributed by atoms with Gasteiger partial charge in [-0.2, -0.15) is 5.26 Å². The second-order valence-corrected chi connectivity index (χ2v) is 4.22. The smallest absolute Gasteiger partial charge is 0.0621 e. The van der Waals surface area contributed by atoms with Gasteiger partial charge in [0.15, 0.2) is 0 Å². The largest absolute Gasteiger partial charge is 0.198 e. The summed E-state index contributed by atoms with van der Waals surface area (Å²) < 4.78 is 0. The monoisotopic (exact) mass is 191 g/mol. The van der Waals surface area contributed by atoms with Crippen LogP contribution in [0.5, 0.6) is 0 Å². The van der Waals surface area contributed by atoms with Crippen molar-refractivity contribution in [2.24, 2.45) is 11.8 Å². The highest BCUT2D eigenvalue weighted by molar-refractivity contribution is 5.02. The third-order valence-corrected chi connectivity index (χ3v) is 2.78. The van der Waals surface area contributed by atoms with Gasteiger partial charge in [0.05, 0.1) is 6.07 Å². The van der Waals surface area contributed by atoms with E-state index in [4.69, 9.17) is 5.26 Å². The molecule has 1 heteroatoms. The zero-order valence-corrected chi connectivity index (χ0v) is 9.64. The molecule has 0 bridgehead atoms. The first kappa shape index (κ1) is 13.0. The maximum absolute atomic E-state index is 8.54. The fourth-order valence-electron chi connectivity index (χ4n) is 1.43. The van der Waals surface area contributed by atoms with Crippen molar-refractivity contribution in [3.05, 3.63) is 24.3 Å². The number of rotatable bonds is 6. The van der Waals surface area contributed by atoms with E-state index < -0.39 is 0 Å². The minimum atomic E-state index is 0.473. The molecule has 0 saturated heterocycles. The van der Waals surface area contributed by atoms with Gasteiger partial charge in [-0.05, 0) is 38.5 Å². The van der Waals surface area contributed by atoms with Gasteiger partial charge in [-0.15, -0.1) is 0 Å². The van der Waals surface area contributed by atoms with E-state index in [0.29, 0.717) is 18.3 Å². The van der Waals surface area contributed by atoms with Gasteiger partial charge in [0, 0.05) is 6.42 Å². The highest BCUT2D eigenvalue weighted by Gasteiger charge is 2.13. The van der Waals surface area contributed by atoms with Crippen molar-refractivity contribution < 1.29 is 0 Å². The van der Waals surface area contributed by atoms with Crippen LogP contribution in [0.2, 0.25) is 0 Å². The van der Waals surface area contributed by atoms with E-state index in [1.54, 1.807) is 0 Å². The molecular formula is C13H21N. The molecule has 0 aliphatic carbocycles. The first-order valence-electron chi connectivity index (χ1n) is 5.16. The molecular weight excluding hydrogens is 170 g/mol. The minimum Gasteiger partial charge on any atom is -0.198 e. The number of allylic oxidation sites excluding steroid dienone is 2. The molecule has 0 heterocycles. The van der Waals surface area contributed by atoms with Crippen LogP contribution in [0.25, 0.3) is 0 Å². The second kappa shape index (κ2) is 6.43. The van der Waals surface area contributed by atoms with E-state index in [-0.39, 0.29) is 0 Å². The molecule has 0 spiro atoms. The van der Waals surface area contributed by atoms with Crippen LogP contribution in [0.4, 0.5) is 0 Å². The molecule has 0 aromatic rings. The van der Waals surface area contributed by atoms with Crippen molar-refractivity contribution in [1.29, 1.82) is 5.26 Å². The van der Waals surface area contributed by atoms with Crippen molar-refractivity contribution in [2.75, 3.05) is 0 Å². The molecule has 0 radical (unpaired) electrons. The number of hydrogen-bond acceptors (Lipinski definition) is 1. The standard InChI is InChI=1S/C13H21N/c1-10(2)12(5)9-13(11(3)4)7-6-8-14/h12-13H,1,3,6-7,9H2,2,4-5H3. The quantitative estimate of drug-likeness (QED) is 0.580. The fourth-order valence-corrected chi connectivity index (χ4v) is 1.43. The Labute approximate surface area is 88.1 Å². The molecule has 0 saturated carbocycles. The lowest BCUT2D eigenvalue weighted by atomic mass is 9.85. The Bertz CT molecular complexity index is 244. The summed E-state index contributed by atoms with van der Waals surface area (Å²) in [6, 6.07) is 2.19. The van der Waals surface area contributed by atoms with Crippen molar-refractivity contribution in [1.82, 2.24) is 0 Å². The summed E-state index contributed by atoms with van der Waals surface area (Å²) in [5, 5.41) is 8.54. The predicted molar refractivity (Wildman–Crippen MR) is 61.7 cm³/mol. The topological polar surface area (TPSA) is 23.8 Å². The molecule has 14 heavy (non-hydrogen) atoms. The summed E-state index contributed by atoms with van der Waals surface area (Å²) in [5.41, 5.74) is 2.40. The molecule has 1 nitrogen and oxygen atoms in total. The first-order valence-corrected chi connectivity index (χ1v) is 5.16. The Kier molecular flexibility index (Phi) is 5.95. The highest BCUT2D eigenvalue weighted by atomic mass is 14.2. The molecule has 78 valence electrons. The lowest BCUT2D eigenvalue weighted by Crippen LogP contribution is -2.08. The Balaban J connectivity index is 4.17. The van der Waals surface area contributed by atoms with E-state index >= 15 is 0 Å². The molecule has 0 amide bonds. The summed E-state index contributed by atoms with van der Waals surface area (Å²) in [6.07, 6.45) is 2.64. The molecule has 0 fully saturated rings. The van der Waals surface area contributed by atoms with Gasteiger partial charge in [-0.3, -0.25) is 0 Å².